The highest BCUT2D eigenvalue weighted by molar-refractivity contribution is 7.92. The Bertz CT molecular complexity index is 991. The van der Waals surface area contributed by atoms with Crippen molar-refractivity contribution in [1.82, 2.24) is 5.32 Å². The van der Waals surface area contributed by atoms with E-state index < -0.39 is 10.0 Å². The van der Waals surface area contributed by atoms with Crippen molar-refractivity contribution in [3.8, 4) is 5.75 Å². The number of hydrogen-bond acceptors (Lipinski definition) is 5. The van der Waals surface area contributed by atoms with E-state index in [0.717, 1.165) is 6.61 Å². The molecule has 0 bridgehead atoms. The van der Waals surface area contributed by atoms with Gasteiger partial charge in [-0.3, -0.25) is 9.52 Å². The van der Waals surface area contributed by atoms with Crippen molar-refractivity contribution in [3.05, 3.63) is 53.1 Å². The minimum absolute atomic E-state index is 0.0310. The normalized spacial score (nSPS) is 13.6. The fraction of sp³-hybridized carbons (Fsp3) is 0.409. The Morgan fingerprint density at radius 3 is 2.58 bits per heavy atom. The number of nitrogens with one attached hydrogen (secondary N) is 2. The first kappa shape index (κ1) is 23.4. The number of rotatable bonds is 12. The molecule has 0 saturated heterocycles. The largest absolute Gasteiger partial charge is 0.494 e. The number of ether oxygens (including phenoxy) is 2. The molecular weight excluding hydrogens is 440 g/mol. The predicted octanol–water partition coefficient (Wildman–Crippen LogP) is 4.09. The van der Waals surface area contributed by atoms with Crippen LogP contribution in [0.25, 0.3) is 0 Å². The molecule has 1 amide bonds. The third-order valence-electron chi connectivity index (χ3n) is 4.70. The first-order chi connectivity index (χ1) is 14.9. The summed E-state index contributed by atoms with van der Waals surface area (Å²) in [7, 11) is -3.98. The molecule has 1 aliphatic rings. The highest BCUT2D eigenvalue weighted by Gasteiger charge is 2.21. The van der Waals surface area contributed by atoms with Gasteiger partial charge >= 0.3 is 0 Å². The maximum Gasteiger partial charge on any atom is 0.263 e. The Hall–Kier alpha value is -2.29. The van der Waals surface area contributed by atoms with Crippen LogP contribution >= 0.6 is 11.6 Å². The predicted molar refractivity (Wildman–Crippen MR) is 120 cm³/mol. The molecule has 2 aromatic rings. The number of halogens is 1. The van der Waals surface area contributed by atoms with Gasteiger partial charge in [0.05, 0.1) is 11.6 Å². The second-order valence-corrected chi connectivity index (χ2v) is 9.39. The maximum atomic E-state index is 12.8. The fourth-order valence-electron chi connectivity index (χ4n) is 2.86. The minimum Gasteiger partial charge on any atom is -0.494 e. The van der Waals surface area contributed by atoms with Crippen LogP contribution in [0.4, 0.5) is 5.69 Å². The van der Waals surface area contributed by atoms with E-state index in [2.05, 4.69) is 10.0 Å². The van der Waals surface area contributed by atoms with Crippen molar-refractivity contribution in [2.75, 3.05) is 31.1 Å². The number of sulfonamides is 1. The number of benzene rings is 2. The second-order valence-electron chi connectivity index (χ2n) is 7.34. The van der Waals surface area contributed by atoms with Crippen molar-refractivity contribution in [1.29, 1.82) is 0 Å². The monoisotopic (exact) mass is 466 g/mol. The fourth-order valence-corrected chi connectivity index (χ4v) is 4.44. The summed E-state index contributed by atoms with van der Waals surface area (Å²) in [4.78, 5) is 12.3. The standard InChI is InChI=1S/C22H27ClN2O5S/c1-2-30-19-9-7-18(8-10-19)25-31(27,28)21-14-17(6-11-20(21)23)22(26)24-12-3-13-29-15-16-4-5-16/h6-11,14,16,25H,2-5,12-13,15H2,1H3,(H,24,26). The highest BCUT2D eigenvalue weighted by atomic mass is 35.5. The van der Waals surface area contributed by atoms with Crippen molar-refractivity contribution < 1.29 is 22.7 Å². The quantitative estimate of drug-likeness (QED) is 0.459. The van der Waals surface area contributed by atoms with E-state index in [9.17, 15) is 13.2 Å². The summed E-state index contributed by atoms with van der Waals surface area (Å²) >= 11 is 6.12. The molecule has 0 heterocycles. The Morgan fingerprint density at radius 2 is 1.90 bits per heavy atom. The van der Waals surface area contributed by atoms with Gasteiger partial charge in [-0.25, -0.2) is 8.42 Å². The summed E-state index contributed by atoms with van der Waals surface area (Å²) in [5.74, 6) is 0.983. The van der Waals surface area contributed by atoms with Gasteiger partial charge in [-0.1, -0.05) is 11.6 Å². The lowest BCUT2D eigenvalue weighted by molar-refractivity contribution is 0.0937. The zero-order valence-corrected chi connectivity index (χ0v) is 19.0. The van der Waals surface area contributed by atoms with Crippen LogP contribution in [0.3, 0.4) is 0 Å². The summed E-state index contributed by atoms with van der Waals surface area (Å²) in [5.41, 5.74) is 0.580. The number of amides is 1. The first-order valence-corrected chi connectivity index (χ1v) is 12.2. The van der Waals surface area contributed by atoms with Crippen LogP contribution in [0.15, 0.2) is 47.4 Å². The van der Waals surface area contributed by atoms with E-state index in [1.165, 1.54) is 31.0 Å². The van der Waals surface area contributed by atoms with Crippen LogP contribution in [0.5, 0.6) is 5.75 Å². The number of anilines is 1. The van der Waals surface area contributed by atoms with E-state index in [0.29, 0.717) is 43.5 Å². The van der Waals surface area contributed by atoms with Crippen LogP contribution in [0.1, 0.15) is 36.5 Å². The molecule has 9 heteroatoms. The van der Waals surface area contributed by atoms with Gasteiger partial charge < -0.3 is 14.8 Å². The summed E-state index contributed by atoms with van der Waals surface area (Å²) in [6, 6.07) is 10.7. The molecule has 7 nitrogen and oxygen atoms in total. The van der Waals surface area contributed by atoms with Crippen molar-refractivity contribution in [2.24, 2.45) is 5.92 Å². The summed E-state index contributed by atoms with van der Waals surface area (Å²) < 4.78 is 39.0. The number of carbonyl (C=O) groups is 1. The van der Waals surface area contributed by atoms with Gasteiger partial charge in [-0.15, -0.1) is 0 Å². The van der Waals surface area contributed by atoms with Crippen LogP contribution in [-0.2, 0) is 14.8 Å². The Kier molecular flexibility index (Phi) is 8.17. The lowest BCUT2D eigenvalue weighted by Crippen LogP contribution is -2.25. The zero-order valence-electron chi connectivity index (χ0n) is 17.4. The maximum absolute atomic E-state index is 12.8. The number of hydrogen-bond donors (Lipinski definition) is 2. The molecule has 2 N–H and O–H groups in total. The summed E-state index contributed by atoms with van der Waals surface area (Å²) in [6.07, 6.45) is 3.18. The van der Waals surface area contributed by atoms with Gasteiger partial charge in [0.15, 0.2) is 0 Å². The average Bonchev–Trinajstić information content (AvgIpc) is 3.56. The molecule has 1 saturated carbocycles. The van der Waals surface area contributed by atoms with Crippen LogP contribution in [0, 0.1) is 5.92 Å². The van der Waals surface area contributed by atoms with Gasteiger partial charge in [0.25, 0.3) is 15.9 Å². The van der Waals surface area contributed by atoms with Gasteiger partial charge in [-0.05, 0) is 74.6 Å². The van der Waals surface area contributed by atoms with Crippen LogP contribution in [-0.4, -0.2) is 40.7 Å². The van der Waals surface area contributed by atoms with E-state index >= 15 is 0 Å². The third-order valence-corrected chi connectivity index (χ3v) is 6.56. The highest BCUT2D eigenvalue weighted by Crippen LogP contribution is 2.29. The van der Waals surface area contributed by atoms with Crippen LogP contribution in [0.2, 0.25) is 5.02 Å². The molecular formula is C22H27ClN2O5S. The van der Waals surface area contributed by atoms with E-state index in [1.54, 1.807) is 24.3 Å². The summed E-state index contributed by atoms with van der Waals surface area (Å²) in [5, 5.41) is 2.81. The molecule has 0 unspecified atom stereocenters. The zero-order chi connectivity index (χ0) is 22.3. The Balaban J connectivity index is 1.59. The molecule has 2 aromatic carbocycles. The van der Waals surface area contributed by atoms with Crippen molar-refractivity contribution >= 4 is 33.2 Å². The minimum atomic E-state index is -3.98. The molecule has 168 valence electrons. The molecule has 0 radical (unpaired) electrons. The molecule has 0 aliphatic heterocycles. The summed E-state index contributed by atoms with van der Waals surface area (Å²) in [6.45, 7) is 4.20. The van der Waals surface area contributed by atoms with Crippen LogP contribution < -0.4 is 14.8 Å². The molecule has 1 aliphatic carbocycles. The molecule has 0 aromatic heterocycles. The van der Waals surface area contributed by atoms with E-state index in [1.807, 2.05) is 6.92 Å². The van der Waals surface area contributed by atoms with E-state index in [-0.39, 0.29) is 21.4 Å². The second kappa shape index (κ2) is 10.8. The SMILES string of the molecule is CCOc1ccc(NS(=O)(=O)c2cc(C(=O)NCCCOCC3CC3)ccc2Cl)cc1. The molecule has 0 spiro atoms. The Labute approximate surface area is 188 Å². The number of carbonyl (C=O) groups excluding carboxylic acids is 1. The van der Waals surface area contributed by atoms with Gasteiger partial charge in [0.1, 0.15) is 10.6 Å². The van der Waals surface area contributed by atoms with Gasteiger partial charge in [0, 0.05) is 31.0 Å². The van der Waals surface area contributed by atoms with Crippen molar-refractivity contribution in [3.63, 3.8) is 0 Å². The van der Waals surface area contributed by atoms with Gasteiger partial charge in [0.2, 0.25) is 0 Å². The van der Waals surface area contributed by atoms with Crippen molar-refractivity contribution in [2.45, 2.75) is 31.1 Å². The Morgan fingerprint density at radius 1 is 1.16 bits per heavy atom. The topological polar surface area (TPSA) is 93.7 Å². The molecule has 0 atom stereocenters. The lowest BCUT2D eigenvalue weighted by atomic mass is 10.2. The van der Waals surface area contributed by atoms with E-state index in [4.69, 9.17) is 21.1 Å². The average molecular weight is 467 g/mol. The molecule has 31 heavy (non-hydrogen) atoms. The van der Waals surface area contributed by atoms with Gasteiger partial charge in [-0.2, -0.15) is 0 Å². The first-order valence-electron chi connectivity index (χ1n) is 10.3. The lowest BCUT2D eigenvalue weighted by Gasteiger charge is -2.12. The smallest absolute Gasteiger partial charge is 0.263 e. The molecule has 3 rings (SSSR count). The third kappa shape index (κ3) is 7.12. The molecule has 1 fully saturated rings.